The smallest absolute Gasteiger partial charge is 0.291 e. The second kappa shape index (κ2) is 4.04. The van der Waals surface area contributed by atoms with Gasteiger partial charge in [0.2, 0.25) is 0 Å². The van der Waals surface area contributed by atoms with E-state index in [1.54, 1.807) is 0 Å². The molecule has 6 heteroatoms. The van der Waals surface area contributed by atoms with Crippen LogP contribution in [0.5, 0.6) is 0 Å². The van der Waals surface area contributed by atoms with E-state index in [-0.39, 0.29) is 0 Å². The summed E-state index contributed by atoms with van der Waals surface area (Å²) in [7, 11) is 0. The molecule has 0 aromatic rings. The van der Waals surface area contributed by atoms with Gasteiger partial charge in [0, 0.05) is 0 Å². The molecule has 0 rings (SSSR count). The van der Waals surface area contributed by atoms with Crippen molar-refractivity contribution >= 4 is 0 Å². The minimum absolute atomic E-state index is 1.00. The molecule has 0 heterocycles. The lowest BCUT2D eigenvalue weighted by molar-refractivity contribution is -0.742. The highest BCUT2D eigenvalue weighted by Gasteiger charge is 1.98. The van der Waals surface area contributed by atoms with Gasteiger partial charge in [0.1, 0.15) is 5.72 Å². The van der Waals surface area contributed by atoms with Gasteiger partial charge >= 0.3 is 0 Å². The molecule has 0 fully saturated rings. The van der Waals surface area contributed by atoms with Crippen molar-refractivity contribution in [1.29, 1.82) is 0 Å². The largest absolute Gasteiger partial charge is 0.377 e. The Hall–Kier alpha value is -0.880. The highest BCUT2D eigenvalue weighted by molar-refractivity contribution is 4.47. The Kier molecular flexibility index (Phi) is 4.94. The molecule has 0 aromatic heterocycles. The summed E-state index contributed by atoms with van der Waals surface area (Å²) in [5.41, 5.74) is 3.91. The van der Waals surface area contributed by atoms with Crippen LogP contribution < -0.4 is 5.73 Å². The fourth-order valence-electron chi connectivity index (χ4n) is 0. The number of hydrogen-bond acceptors (Lipinski definition) is 4. The van der Waals surface area contributed by atoms with Gasteiger partial charge in [-0.25, -0.2) is 0 Å². The summed E-state index contributed by atoms with van der Waals surface area (Å²) in [6, 6.07) is 0. The first-order valence-corrected chi connectivity index (χ1v) is 2.08. The highest BCUT2D eigenvalue weighted by atomic mass is 16.9. The average Bonchev–Trinajstić information content (AvgIpc) is 1.19. The zero-order chi connectivity index (χ0) is 8.08. The Morgan fingerprint density at radius 2 is 1.67 bits per heavy atom. The van der Waals surface area contributed by atoms with Crippen molar-refractivity contribution < 1.29 is 15.4 Å². The molecule has 0 amide bonds. The highest BCUT2D eigenvalue weighted by Crippen LogP contribution is 1.82. The normalized spacial score (nSPS) is 9.33. The Labute approximate surface area is 52.0 Å². The van der Waals surface area contributed by atoms with Crippen LogP contribution in [-0.2, 0) is 0 Å². The molecular weight excluding hydrogens is 128 g/mol. The first-order chi connectivity index (χ1) is 3.73. The van der Waals surface area contributed by atoms with Crippen LogP contribution in [0.1, 0.15) is 13.8 Å². The van der Waals surface area contributed by atoms with Crippen molar-refractivity contribution in [3.05, 3.63) is 10.1 Å². The Balaban J connectivity index is 0. The number of nitrogens with two attached hydrogens (primary N) is 1. The van der Waals surface area contributed by atoms with E-state index in [2.05, 4.69) is 0 Å². The molecule has 0 radical (unpaired) electrons. The van der Waals surface area contributed by atoms with Crippen LogP contribution in [0.25, 0.3) is 0 Å². The van der Waals surface area contributed by atoms with E-state index in [9.17, 15) is 0 Å². The van der Waals surface area contributed by atoms with Gasteiger partial charge < -0.3 is 16.0 Å². The summed E-state index contributed by atoms with van der Waals surface area (Å²) in [5, 5.41) is 21.9. The van der Waals surface area contributed by atoms with Gasteiger partial charge in [-0.2, -0.15) is 0 Å². The van der Waals surface area contributed by atoms with Crippen molar-refractivity contribution in [3.8, 4) is 0 Å². The third-order valence-electron chi connectivity index (χ3n) is 0. The van der Waals surface area contributed by atoms with Gasteiger partial charge in [-0.15, -0.1) is 10.1 Å². The van der Waals surface area contributed by atoms with Crippen LogP contribution in [-0.4, -0.2) is 21.1 Å². The number of aliphatic hydroxyl groups is 1. The van der Waals surface area contributed by atoms with Gasteiger partial charge in [-0.1, -0.05) is 0 Å². The molecule has 0 saturated carbocycles. The molecule has 0 spiro atoms. The predicted octanol–water partition coefficient (Wildman–Crippen LogP) is -0.674. The van der Waals surface area contributed by atoms with Crippen molar-refractivity contribution in [2.45, 2.75) is 19.6 Å². The van der Waals surface area contributed by atoms with Crippen molar-refractivity contribution in [1.82, 2.24) is 0 Å². The quantitative estimate of drug-likeness (QED) is 0.233. The summed E-state index contributed by atoms with van der Waals surface area (Å²) in [6.07, 6.45) is 0. The molecule has 0 aliphatic carbocycles. The number of hydrogen-bond donors (Lipinski definition) is 3. The van der Waals surface area contributed by atoms with E-state index in [1.807, 2.05) is 0 Å². The SMILES string of the molecule is CC(C)(N)O.O=[N+]([O-])O. The van der Waals surface area contributed by atoms with Gasteiger partial charge in [0.05, 0.1) is 0 Å². The molecule has 0 unspecified atom stereocenters. The predicted molar refractivity (Wildman–Crippen MR) is 29.3 cm³/mol. The van der Waals surface area contributed by atoms with E-state index in [0.29, 0.717) is 0 Å². The van der Waals surface area contributed by atoms with Gasteiger partial charge in [0.25, 0.3) is 5.09 Å². The molecule has 56 valence electrons. The molecule has 0 atom stereocenters. The minimum atomic E-state index is -1.50. The molecule has 0 aromatic carbocycles. The first kappa shape index (κ1) is 11.0. The third-order valence-corrected chi connectivity index (χ3v) is 0. The first-order valence-electron chi connectivity index (χ1n) is 2.08. The standard InChI is InChI=1S/C3H9NO.HNO3/c1-3(2,4)5;2-1(3)4/h5H,4H2,1-2H3;(H,2,3,4). The zero-order valence-corrected chi connectivity index (χ0v) is 5.24. The molecule has 4 N–H and O–H groups in total. The maximum absolute atomic E-state index is 8.36. The third kappa shape index (κ3) is 241. The monoisotopic (exact) mass is 138 g/mol. The minimum Gasteiger partial charge on any atom is -0.377 e. The number of rotatable bonds is 0. The molecular formula is C3H10N2O4. The van der Waals surface area contributed by atoms with Crippen LogP contribution in [0.15, 0.2) is 0 Å². The summed E-state index contributed by atoms with van der Waals surface area (Å²) in [4.78, 5) is 8.36. The fourth-order valence-corrected chi connectivity index (χ4v) is 0. The lowest BCUT2D eigenvalue weighted by Crippen LogP contribution is -2.30. The van der Waals surface area contributed by atoms with Crippen LogP contribution in [0, 0.1) is 10.1 Å². The Bertz CT molecular complexity index is 76.3. The molecule has 0 bridgehead atoms. The van der Waals surface area contributed by atoms with Crippen LogP contribution >= 0.6 is 0 Å². The second-order valence-electron chi connectivity index (χ2n) is 1.89. The summed E-state index contributed by atoms with van der Waals surface area (Å²) in [6.45, 7) is 3.04. The lowest BCUT2D eigenvalue weighted by atomic mass is 10.4. The topological polar surface area (TPSA) is 110 Å². The van der Waals surface area contributed by atoms with Crippen LogP contribution in [0.2, 0.25) is 0 Å². The zero-order valence-electron chi connectivity index (χ0n) is 5.24. The van der Waals surface area contributed by atoms with Gasteiger partial charge in [0.15, 0.2) is 0 Å². The van der Waals surface area contributed by atoms with Crippen molar-refractivity contribution in [3.63, 3.8) is 0 Å². The van der Waals surface area contributed by atoms with E-state index in [0.717, 1.165) is 0 Å². The molecule has 0 aliphatic heterocycles. The summed E-state index contributed by atoms with van der Waals surface area (Å²) < 4.78 is 0. The second-order valence-corrected chi connectivity index (χ2v) is 1.89. The maximum atomic E-state index is 8.36. The van der Waals surface area contributed by atoms with E-state index < -0.39 is 10.8 Å². The lowest BCUT2D eigenvalue weighted by Gasteiger charge is -2.05. The van der Waals surface area contributed by atoms with Crippen LogP contribution in [0.3, 0.4) is 0 Å². The molecule has 0 saturated heterocycles. The Morgan fingerprint density at radius 1 is 1.67 bits per heavy atom. The van der Waals surface area contributed by atoms with Gasteiger partial charge in [-0.3, -0.25) is 0 Å². The van der Waals surface area contributed by atoms with E-state index in [1.165, 1.54) is 13.8 Å². The van der Waals surface area contributed by atoms with Gasteiger partial charge in [-0.05, 0) is 13.8 Å². The summed E-state index contributed by atoms with van der Waals surface area (Å²) >= 11 is 0. The average molecular weight is 138 g/mol. The molecule has 0 aliphatic rings. The fraction of sp³-hybridized carbons (Fsp3) is 1.00. The summed E-state index contributed by atoms with van der Waals surface area (Å²) in [5.74, 6) is 0. The van der Waals surface area contributed by atoms with E-state index in [4.69, 9.17) is 26.2 Å². The van der Waals surface area contributed by atoms with Crippen molar-refractivity contribution in [2.75, 3.05) is 0 Å². The Morgan fingerprint density at radius 3 is 1.67 bits per heavy atom. The van der Waals surface area contributed by atoms with E-state index >= 15 is 0 Å². The van der Waals surface area contributed by atoms with Crippen molar-refractivity contribution in [2.24, 2.45) is 5.73 Å². The maximum Gasteiger partial charge on any atom is 0.291 e. The number of nitrogens with zero attached hydrogens (tertiary/aromatic N) is 1. The van der Waals surface area contributed by atoms with Crippen LogP contribution in [0.4, 0.5) is 0 Å². The molecule has 6 nitrogen and oxygen atoms in total. The molecule has 9 heavy (non-hydrogen) atoms.